The second-order valence-electron chi connectivity index (χ2n) is 8.07. The van der Waals surface area contributed by atoms with Crippen LogP contribution in [0.3, 0.4) is 0 Å². The van der Waals surface area contributed by atoms with Crippen molar-refractivity contribution in [3.05, 3.63) is 63.6 Å². The summed E-state index contributed by atoms with van der Waals surface area (Å²) in [6.45, 7) is 1.88. The van der Waals surface area contributed by atoms with Crippen LogP contribution in [0.15, 0.2) is 42.5 Å². The Morgan fingerprint density at radius 2 is 1.90 bits per heavy atom. The molecular weight excluding hydrogens is 411 g/mol. The zero-order valence-electron chi connectivity index (χ0n) is 15.9. The second kappa shape index (κ2) is 7.22. The van der Waals surface area contributed by atoms with Crippen molar-refractivity contribution >= 4 is 40.8 Å². The largest absolute Gasteiger partial charge is 0.480 e. The molecule has 2 aliphatic rings. The van der Waals surface area contributed by atoms with Crippen LogP contribution in [-0.4, -0.2) is 23.0 Å². The minimum absolute atomic E-state index is 0.0454. The fourth-order valence-corrected chi connectivity index (χ4v) is 5.92. The van der Waals surface area contributed by atoms with E-state index in [1.807, 2.05) is 37.3 Å². The summed E-state index contributed by atoms with van der Waals surface area (Å²) in [6.07, 6.45) is 0.789. The number of aliphatic carboxylic acids is 1. The molecule has 1 saturated heterocycles. The summed E-state index contributed by atoms with van der Waals surface area (Å²) in [5, 5.41) is 14.1. The number of carboxylic acids is 1. The van der Waals surface area contributed by atoms with Crippen molar-refractivity contribution in [1.29, 1.82) is 0 Å². The summed E-state index contributed by atoms with van der Waals surface area (Å²) in [7, 11) is 0. The van der Waals surface area contributed by atoms with E-state index in [9.17, 15) is 14.7 Å². The molecule has 1 aliphatic heterocycles. The van der Waals surface area contributed by atoms with Crippen molar-refractivity contribution in [2.45, 2.75) is 37.6 Å². The van der Waals surface area contributed by atoms with Gasteiger partial charge in [0.15, 0.2) is 5.41 Å². The Labute approximate surface area is 179 Å². The minimum atomic E-state index is -1.44. The molecule has 4 rings (SSSR count). The Morgan fingerprint density at radius 1 is 1.21 bits per heavy atom. The molecule has 1 heterocycles. The monoisotopic (exact) mass is 432 g/mol. The number of nitrogen functional groups attached to an aromatic ring is 1. The van der Waals surface area contributed by atoms with Crippen LogP contribution in [0, 0.1) is 11.3 Å². The third-order valence-corrected chi connectivity index (χ3v) is 7.17. The molecule has 0 unspecified atom stereocenters. The van der Waals surface area contributed by atoms with Gasteiger partial charge in [-0.1, -0.05) is 41.4 Å². The number of hydrogen-bond donors (Lipinski definition) is 3. The minimum Gasteiger partial charge on any atom is -0.480 e. The number of benzene rings is 2. The van der Waals surface area contributed by atoms with E-state index in [1.54, 1.807) is 12.1 Å². The first-order valence-corrected chi connectivity index (χ1v) is 10.4. The molecule has 0 bridgehead atoms. The Bertz CT molecular complexity index is 979. The molecule has 2 aromatic carbocycles. The number of nitrogens with one attached hydrogen (secondary N) is 1. The van der Waals surface area contributed by atoms with E-state index in [0.29, 0.717) is 22.2 Å². The van der Waals surface area contributed by atoms with Gasteiger partial charge < -0.3 is 16.2 Å². The van der Waals surface area contributed by atoms with Crippen LogP contribution in [0.25, 0.3) is 0 Å². The van der Waals surface area contributed by atoms with Crippen LogP contribution in [0.4, 0.5) is 5.69 Å². The highest BCUT2D eigenvalue weighted by Gasteiger charge is 2.64. The SMILES string of the molecule is C[C@H]1NC(=O)[C@]2(C(=O)O)CC[C@@H](c3ccc(Cl)cc3Cl)[C@H](c3ccc(N)cc3)[C@H]12. The maximum atomic E-state index is 12.8. The number of fused-ring (bicyclic) bond motifs is 1. The lowest BCUT2D eigenvalue weighted by Gasteiger charge is -2.45. The van der Waals surface area contributed by atoms with Gasteiger partial charge in [-0.3, -0.25) is 9.59 Å². The molecule has 29 heavy (non-hydrogen) atoms. The Balaban J connectivity index is 1.90. The number of amides is 1. The van der Waals surface area contributed by atoms with E-state index in [4.69, 9.17) is 28.9 Å². The third kappa shape index (κ3) is 3.08. The zero-order chi connectivity index (χ0) is 20.9. The second-order valence-corrected chi connectivity index (χ2v) is 8.91. The highest BCUT2D eigenvalue weighted by Crippen LogP contribution is 2.59. The molecular formula is C22H22Cl2N2O3. The van der Waals surface area contributed by atoms with Crippen molar-refractivity contribution in [3.8, 4) is 0 Å². The maximum Gasteiger partial charge on any atom is 0.319 e. The van der Waals surface area contributed by atoms with Gasteiger partial charge >= 0.3 is 5.97 Å². The lowest BCUT2D eigenvalue weighted by Crippen LogP contribution is -2.49. The van der Waals surface area contributed by atoms with Crippen molar-refractivity contribution in [1.82, 2.24) is 5.32 Å². The van der Waals surface area contributed by atoms with Crippen LogP contribution < -0.4 is 11.1 Å². The van der Waals surface area contributed by atoms with Crippen LogP contribution >= 0.6 is 23.2 Å². The van der Waals surface area contributed by atoms with Crippen LogP contribution in [0.5, 0.6) is 0 Å². The molecule has 0 spiro atoms. The van der Waals surface area contributed by atoms with Gasteiger partial charge in [-0.2, -0.15) is 0 Å². The average Bonchev–Trinajstić information content (AvgIpc) is 2.93. The van der Waals surface area contributed by atoms with E-state index >= 15 is 0 Å². The molecule has 1 aliphatic carbocycles. The smallest absolute Gasteiger partial charge is 0.319 e. The van der Waals surface area contributed by atoms with Crippen LogP contribution in [0.2, 0.25) is 10.0 Å². The number of carbonyl (C=O) groups is 2. The summed E-state index contributed by atoms with van der Waals surface area (Å²) in [5.41, 5.74) is 6.93. The zero-order valence-corrected chi connectivity index (χ0v) is 17.4. The molecule has 1 amide bonds. The van der Waals surface area contributed by atoms with E-state index in [2.05, 4.69) is 5.32 Å². The predicted molar refractivity (Wildman–Crippen MR) is 113 cm³/mol. The van der Waals surface area contributed by atoms with E-state index in [1.165, 1.54) is 0 Å². The van der Waals surface area contributed by atoms with Gasteiger partial charge in [0, 0.05) is 27.7 Å². The molecule has 0 radical (unpaired) electrons. The molecule has 152 valence electrons. The number of carboxylic acid groups (broad SMARTS) is 1. The lowest BCUT2D eigenvalue weighted by molar-refractivity contribution is -0.159. The summed E-state index contributed by atoms with van der Waals surface area (Å²) < 4.78 is 0. The number of hydrogen-bond acceptors (Lipinski definition) is 3. The van der Waals surface area contributed by atoms with Gasteiger partial charge in [0.25, 0.3) is 0 Å². The fraction of sp³-hybridized carbons (Fsp3) is 0.364. The molecule has 2 fully saturated rings. The normalized spacial score (nSPS) is 31.2. The topological polar surface area (TPSA) is 92.4 Å². The van der Waals surface area contributed by atoms with Crippen LogP contribution in [-0.2, 0) is 9.59 Å². The van der Waals surface area contributed by atoms with Crippen molar-refractivity contribution < 1.29 is 14.7 Å². The number of rotatable bonds is 3. The van der Waals surface area contributed by atoms with E-state index in [-0.39, 0.29) is 24.3 Å². The number of nitrogens with two attached hydrogens (primary N) is 1. The standard InChI is InChI=1S/C22H22Cl2N2O3/c1-11-19-18(12-2-5-14(25)6-3-12)16(15-7-4-13(23)10-17(15)24)8-9-22(19,21(28)29)20(27)26-11/h2-7,10-11,16,18-19H,8-9,25H2,1H3,(H,26,27)(H,28,29)/t11-,16+,18+,19+,22+/m1/s1. The lowest BCUT2D eigenvalue weighted by atomic mass is 9.55. The predicted octanol–water partition coefficient (Wildman–Crippen LogP) is 4.44. The first kappa shape index (κ1) is 20.0. The summed E-state index contributed by atoms with van der Waals surface area (Å²) >= 11 is 12.6. The van der Waals surface area contributed by atoms with E-state index in [0.717, 1.165) is 11.1 Å². The molecule has 5 atom stereocenters. The summed E-state index contributed by atoms with van der Waals surface area (Å²) in [5.74, 6) is -2.14. The molecule has 7 heteroatoms. The first-order valence-electron chi connectivity index (χ1n) is 9.60. The fourth-order valence-electron chi connectivity index (χ4n) is 5.37. The van der Waals surface area contributed by atoms with Crippen molar-refractivity contribution in [2.75, 3.05) is 5.73 Å². The number of carbonyl (C=O) groups excluding carboxylic acids is 1. The van der Waals surface area contributed by atoms with E-state index < -0.39 is 23.2 Å². The number of halogens is 2. The molecule has 2 aromatic rings. The number of anilines is 1. The van der Waals surface area contributed by atoms with Gasteiger partial charge in [-0.15, -0.1) is 0 Å². The Hall–Kier alpha value is -2.24. The Kier molecular flexibility index (Phi) is 4.99. The quantitative estimate of drug-likeness (QED) is 0.493. The van der Waals surface area contributed by atoms with Gasteiger partial charge in [0.05, 0.1) is 0 Å². The average molecular weight is 433 g/mol. The van der Waals surface area contributed by atoms with Gasteiger partial charge in [0.2, 0.25) is 5.91 Å². The molecule has 5 nitrogen and oxygen atoms in total. The van der Waals surface area contributed by atoms with Gasteiger partial charge in [-0.05, 0) is 67.0 Å². The highest BCUT2D eigenvalue weighted by molar-refractivity contribution is 6.35. The molecule has 1 saturated carbocycles. The van der Waals surface area contributed by atoms with Gasteiger partial charge in [-0.25, -0.2) is 0 Å². The van der Waals surface area contributed by atoms with Crippen LogP contribution in [0.1, 0.15) is 42.7 Å². The molecule has 4 N–H and O–H groups in total. The maximum absolute atomic E-state index is 12.8. The third-order valence-electron chi connectivity index (χ3n) is 6.61. The Morgan fingerprint density at radius 3 is 2.52 bits per heavy atom. The van der Waals surface area contributed by atoms with Crippen molar-refractivity contribution in [2.24, 2.45) is 11.3 Å². The van der Waals surface area contributed by atoms with Gasteiger partial charge in [0.1, 0.15) is 0 Å². The summed E-state index contributed by atoms with van der Waals surface area (Å²) in [6, 6.07) is 12.6. The first-order chi connectivity index (χ1) is 13.8. The summed E-state index contributed by atoms with van der Waals surface area (Å²) in [4.78, 5) is 25.2. The molecule has 0 aromatic heterocycles. The van der Waals surface area contributed by atoms with Crippen molar-refractivity contribution in [3.63, 3.8) is 0 Å². The highest BCUT2D eigenvalue weighted by atomic mass is 35.5.